The lowest BCUT2D eigenvalue weighted by molar-refractivity contribution is 0.211. The highest BCUT2D eigenvalue weighted by Gasteiger charge is 2.21. The van der Waals surface area contributed by atoms with Gasteiger partial charge in [0.1, 0.15) is 5.52 Å². The summed E-state index contributed by atoms with van der Waals surface area (Å²) in [5.74, 6) is 0.396. The summed E-state index contributed by atoms with van der Waals surface area (Å²) in [5, 5.41) is 9.48. The fourth-order valence-electron chi connectivity index (χ4n) is 2.07. The number of imidazole rings is 1. The van der Waals surface area contributed by atoms with E-state index in [0.29, 0.717) is 17.6 Å². The molecule has 2 atom stereocenters. The maximum atomic E-state index is 9.48. The Kier molecular flexibility index (Phi) is 2.02. The summed E-state index contributed by atoms with van der Waals surface area (Å²) in [6, 6.07) is 0.0312. The zero-order chi connectivity index (χ0) is 12.0. The fraction of sp³-hybridized carbons (Fsp3) is 0.300. The molecular formula is C10H12N6O. The Bertz CT molecular complexity index is 604. The van der Waals surface area contributed by atoms with Gasteiger partial charge in [-0.1, -0.05) is 12.2 Å². The fourth-order valence-corrected chi connectivity index (χ4v) is 2.07. The maximum absolute atomic E-state index is 9.48. The molecule has 0 radical (unpaired) electrons. The Hall–Kier alpha value is -2.15. The number of nitrogens with two attached hydrogens (primary N) is 2. The molecule has 2 aromatic heterocycles. The van der Waals surface area contributed by atoms with E-state index in [0.717, 1.165) is 0 Å². The van der Waals surface area contributed by atoms with E-state index >= 15 is 0 Å². The SMILES string of the molecule is Nc1nc(N)c2ncn([C@@H]3C=C[C@H](O)C3)c2n1. The van der Waals surface area contributed by atoms with Gasteiger partial charge in [-0.2, -0.15) is 9.97 Å². The minimum atomic E-state index is -0.422. The highest BCUT2D eigenvalue weighted by molar-refractivity contribution is 5.82. The summed E-state index contributed by atoms with van der Waals surface area (Å²) >= 11 is 0. The van der Waals surface area contributed by atoms with E-state index in [1.807, 2.05) is 10.6 Å². The van der Waals surface area contributed by atoms with E-state index in [-0.39, 0.29) is 17.8 Å². The van der Waals surface area contributed by atoms with Crippen molar-refractivity contribution in [1.82, 2.24) is 19.5 Å². The molecule has 0 unspecified atom stereocenters. The van der Waals surface area contributed by atoms with Gasteiger partial charge < -0.3 is 21.1 Å². The second-order valence-corrected chi connectivity index (χ2v) is 4.05. The first-order valence-electron chi connectivity index (χ1n) is 5.27. The van der Waals surface area contributed by atoms with Gasteiger partial charge in [0.2, 0.25) is 5.95 Å². The summed E-state index contributed by atoms with van der Waals surface area (Å²) < 4.78 is 1.84. The van der Waals surface area contributed by atoms with Crippen LogP contribution >= 0.6 is 0 Å². The zero-order valence-electron chi connectivity index (χ0n) is 8.98. The quantitative estimate of drug-likeness (QED) is 0.589. The Balaban J connectivity index is 2.15. The number of aliphatic hydroxyl groups excluding tert-OH is 1. The standard InChI is InChI=1S/C10H12N6O/c11-8-7-9(15-10(12)14-8)16(4-13-7)5-1-2-6(17)3-5/h1-2,4-6,17H,3H2,(H4,11,12,14,15)/t5-,6+/m1/s1. The molecule has 0 bridgehead atoms. The van der Waals surface area contributed by atoms with E-state index in [1.165, 1.54) is 0 Å². The normalized spacial score (nSPS) is 23.6. The first kappa shape index (κ1) is 10.0. The average Bonchev–Trinajstić information content (AvgIpc) is 2.83. The topological polar surface area (TPSA) is 116 Å². The Morgan fingerprint density at radius 2 is 2.12 bits per heavy atom. The first-order valence-corrected chi connectivity index (χ1v) is 5.27. The molecule has 0 fully saturated rings. The van der Waals surface area contributed by atoms with Crippen LogP contribution in [0, 0.1) is 0 Å². The van der Waals surface area contributed by atoms with Crippen LogP contribution in [0.2, 0.25) is 0 Å². The third-order valence-corrected chi connectivity index (χ3v) is 2.86. The summed E-state index contributed by atoms with van der Waals surface area (Å²) in [6.45, 7) is 0. The number of allylic oxidation sites excluding steroid dienone is 1. The predicted molar refractivity (Wildman–Crippen MR) is 62.9 cm³/mol. The average molecular weight is 232 g/mol. The maximum Gasteiger partial charge on any atom is 0.224 e. The van der Waals surface area contributed by atoms with Crippen molar-refractivity contribution in [1.29, 1.82) is 0 Å². The molecule has 1 aliphatic carbocycles. The molecule has 5 N–H and O–H groups in total. The van der Waals surface area contributed by atoms with Crippen molar-refractivity contribution in [2.45, 2.75) is 18.6 Å². The zero-order valence-corrected chi connectivity index (χ0v) is 8.98. The number of nitrogens with zero attached hydrogens (tertiary/aromatic N) is 4. The molecule has 17 heavy (non-hydrogen) atoms. The van der Waals surface area contributed by atoms with Crippen LogP contribution in [0.25, 0.3) is 11.2 Å². The monoisotopic (exact) mass is 232 g/mol. The third-order valence-electron chi connectivity index (χ3n) is 2.86. The van der Waals surface area contributed by atoms with Crippen LogP contribution in [0.1, 0.15) is 12.5 Å². The summed E-state index contributed by atoms with van der Waals surface area (Å²) in [6.07, 6.45) is 5.50. The van der Waals surface area contributed by atoms with Crippen LogP contribution in [0.5, 0.6) is 0 Å². The molecule has 0 saturated carbocycles. The smallest absolute Gasteiger partial charge is 0.224 e. The summed E-state index contributed by atoms with van der Waals surface area (Å²) in [4.78, 5) is 12.2. The molecule has 7 nitrogen and oxygen atoms in total. The third kappa shape index (κ3) is 1.51. The van der Waals surface area contributed by atoms with Crippen LogP contribution < -0.4 is 11.5 Å². The van der Waals surface area contributed by atoms with Crippen molar-refractivity contribution >= 4 is 22.9 Å². The predicted octanol–water partition coefficient (Wildman–Crippen LogP) is -0.147. The molecule has 2 aromatic rings. The Labute approximate surface area is 96.8 Å². The number of nitrogen functional groups attached to an aromatic ring is 2. The van der Waals surface area contributed by atoms with Gasteiger partial charge in [0.05, 0.1) is 18.5 Å². The number of fused-ring (bicyclic) bond motifs is 1. The molecule has 7 heteroatoms. The van der Waals surface area contributed by atoms with Crippen molar-refractivity contribution in [2.24, 2.45) is 0 Å². The van der Waals surface area contributed by atoms with Gasteiger partial charge in [0.25, 0.3) is 0 Å². The van der Waals surface area contributed by atoms with Crippen LogP contribution in [0.4, 0.5) is 11.8 Å². The van der Waals surface area contributed by atoms with Crippen LogP contribution in [0.3, 0.4) is 0 Å². The molecule has 0 aliphatic heterocycles. The molecule has 0 spiro atoms. The van der Waals surface area contributed by atoms with Crippen molar-refractivity contribution < 1.29 is 5.11 Å². The molecule has 88 valence electrons. The molecule has 1 aliphatic rings. The lowest BCUT2D eigenvalue weighted by Crippen LogP contribution is -2.09. The van der Waals surface area contributed by atoms with Crippen LogP contribution in [-0.4, -0.2) is 30.7 Å². The number of hydrogen-bond acceptors (Lipinski definition) is 6. The van der Waals surface area contributed by atoms with Gasteiger partial charge >= 0.3 is 0 Å². The molecule has 0 amide bonds. The van der Waals surface area contributed by atoms with Crippen LogP contribution in [0.15, 0.2) is 18.5 Å². The van der Waals surface area contributed by atoms with Gasteiger partial charge in [0, 0.05) is 6.42 Å². The summed E-state index contributed by atoms with van der Waals surface area (Å²) in [7, 11) is 0. The highest BCUT2D eigenvalue weighted by Crippen LogP contribution is 2.27. The Morgan fingerprint density at radius 3 is 2.82 bits per heavy atom. The van der Waals surface area contributed by atoms with E-state index in [9.17, 15) is 5.11 Å². The molecule has 0 aromatic carbocycles. The molecular weight excluding hydrogens is 220 g/mol. The largest absolute Gasteiger partial charge is 0.389 e. The van der Waals surface area contributed by atoms with Gasteiger partial charge in [-0.25, -0.2) is 4.98 Å². The van der Waals surface area contributed by atoms with E-state index < -0.39 is 6.10 Å². The highest BCUT2D eigenvalue weighted by atomic mass is 16.3. The minimum absolute atomic E-state index is 0.0312. The number of aromatic nitrogens is 4. The lowest BCUT2D eigenvalue weighted by atomic mass is 10.2. The molecule has 3 rings (SSSR count). The minimum Gasteiger partial charge on any atom is -0.389 e. The first-order chi connectivity index (χ1) is 8.15. The molecule has 2 heterocycles. The number of hydrogen-bond donors (Lipinski definition) is 3. The van der Waals surface area contributed by atoms with Crippen molar-refractivity contribution in [3.63, 3.8) is 0 Å². The van der Waals surface area contributed by atoms with E-state index in [2.05, 4.69) is 15.0 Å². The van der Waals surface area contributed by atoms with E-state index in [4.69, 9.17) is 11.5 Å². The number of aliphatic hydroxyl groups is 1. The van der Waals surface area contributed by atoms with Gasteiger partial charge in [-0.05, 0) is 0 Å². The second kappa shape index (κ2) is 3.42. The van der Waals surface area contributed by atoms with E-state index in [1.54, 1.807) is 12.4 Å². The summed E-state index contributed by atoms with van der Waals surface area (Å²) in [5.41, 5.74) is 12.4. The van der Waals surface area contributed by atoms with Crippen molar-refractivity contribution in [3.8, 4) is 0 Å². The van der Waals surface area contributed by atoms with Crippen LogP contribution in [-0.2, 0) is 0 Å². The van der Waals surface area contributed by atoms with Gasteiger partial charge in [-0.3, -0.25) is 0 Å². The van der Waals surface area contributed by atoms with Crippen molar-refractivity contribution in [3.05, 3.63) is 18.5 Å². The molecule has 0 saturated heterocycles. The van der Waals surface area contributed by atoms with Gasteiger partial charge in [0.15, 0.2) is 11.5 Å². The van der Waals surface area contributed by atoms with Gasteiger partial charge in [-0.15, -0.1) is 0 Å². The Morgan fingerprint density at radius 1 is 1.29 bits per heavy atom. The number of rotatable bonds is 1. The number of anilines is 2. The lowest BCUT2D eigenvalue weighted by Gasteiger charge is -2.11. The second-order valence-electron chi connectivity index (χ2n) is 4.05. The van der Waals surface area contributed by atoms with Crippen molar-refractivity contribution in [2.75, 3.05) is 11.5 Å².